The van der Waals surface area contributed by atoms with Gasteiger partial charge in [0.1, 0.15) is 12.1 Å². The summed E-state index contributed by atoms with van der Waals surface area (Å²) in [5, 5.41) is 3.26. The number of anilines is 1. The van der Waals surface area contributed by atoms with Crippen molar-refractivity contribution in [2.24, 2.45) is 0 Å². The molecule has 0 aromatic carbocycles. The highest BCUT2D eigenvalue weighted by Crippen LogP contribution is 2.15. The fraction of sp³-hybridized carbons (Fsp3) is 0.692. The molecule has 0 aliphatic carbocycles. The number of aromatic nitrogens is 2. The number of ether oxygens (including phenoxy) is 2. The molecule has 1 aromatic rings. The molecule has 1 fully saturated rings. The van der Waals surface area contributed by atoms with E-state index in [0.29, 0.717) is 18.6 Å². The molecule has 18 heavy (non-hydrogen) atoms. The van der Waals surface area contributed by atoms with E-state index in [9.17, 15) is 0 Å². The molecule has 0 saturated carbocycles. The second-order valence-corrected chi connectivity index (χ2v) is 4.46. The Kier molecular flexibility index (Phi) is 5.20. The highest BCUT2D eigenvalue weighted by molar-refractivity contribution is 5.37. The molecule has 2 heterocycles. The summed E-state index contributed by atoms with van der Waals surface area (Å²) < 4.78 is 11.1. The van der Waals surface area contributed by atoms with Crippen LogP contribution < -0.4 is 10.1 Å². The van der Waals surface area contributed by atoms with Crippen LogP contribution in [0.4, 0.5) is 5.82 Å². The van der Waals surface area contributed by atoms with Crippen molar-refractivity contribution in [3.63, 3.8) is 0 Å². The number of nitrogens with one attached hydrogen (secondary N) is 1. The van der Waals surface area contributed by atoms with Gasteiger partial charge in [-0.1, -0.05) is 13.3 Å². The van der Waals surface area contributed by atoms with Gasteiger partial charge in [0.05, 0.1) is 12.7 Å². The molecule has 1 unspecified atom stereocenters. The molecule has 0 bridgehead atoms. The molecular weight excluding hydrogens is 230 g/mol. The minimum atomic E-state index is 0.310. The van der Waals surface area contributed by atoms with E-state index in [4.69, 9.17) is 9.47 Å². The first-order valence-electron chi connectivity index (χ1n) is 6.69. The van der Waals surface area contributed by atoms with Crippen LogP contribution >= 0.6 is 0 Å². The van der Waals surface area contributed by atoms with E-state index in [2.05, 4.69) is 22.2 Å². The van der Waals surface area contributed by atoms with Crippen molar-refractivity contribution in [2.45, 2.75) is 38.7 Å². The fourth-order valence-electron chi connectivity index (χ4n) is 1.86. The normalized spacial score (nSPS) is 18.8. The summed E-state index contributed by atoms with van der Waals surface area (Å²) in [6.45, 7) is 4.52. The molecule has 5 nitrogen and oxygen atoms in total. The molecule has 0 radical (unpaired) electrons. The summed E-state index contributed by atoms with van der Waals surface area (Å²) in [5.74, 6) is 1.43. The monoisotopic (exact) mass is 251 g/mol. The Balaban J connectivity index is 1.78. The van der Waals surface area contributed by atoms with Crippen LogP contribution in [0.5, 0.6) is 5.88 Å². The zero-order valence-electron chi connectivity index (χ0n) is 10.9. The van der Waals surface area contributed by atoms with Crippen molar-refractivity contribution in [3.05, 3.63) is 12.4 Å². The van der Waals surface area contributed by atoms with Gasteiger partial charge in [-0.05, 0) is 19.3 Å². The van der Waals surface area contributed by atoms with E-state index in [-0.39, 0.29) is 0 Å². The molecule has 100 valence electrons. The minimum absolute atomic E-state index is 0.310. The second-order valence-electron chi connectivity index (χ2n) is 4.46. The van der Waals surface area contributed by atoms with Crippen molar-refractivity contribution < 1.29 is 9.47 Å². The van der Waals surface area contributed by atoms with Crippen molar-refractivity contribution >= 4 is 5.82 Å². The molecule has 0 amide bonds. The van der Waals surface area contributed by atoms with Gasteiger partial charge in [0.25, 0.3) is 0 Å². The largest absolute Gasteiger partial charge is 0.478 e. The molecule has 1 N–H and O–H groups in total. The summed E-state index contributed by atoms with van der Waals surface area (Å²) in [6, 6.07) is 1.84. The Bertz CT molecular complexity index is 354. The van der Waals surface area contributed by atoms with Crippen LogP contribution in [0.15, 0.2) is 12.4 Å². The van der Waals surface area contributed by atoms with E-state index >= 15 is 0 Å². The molecule has 0 spiro atoms. The third-order valence-corrected chi connectivity index (χ3v) is 2.92. The highest BCUT2D eigenvalue weighted by Gasteiger charge is 2.15. The number of rotatable bonds is 7. The number of unbranched alkanes of at least 4 members (excludes halogenated alkanes) is 1. The molecular formula is C13H21N3O2. The third-order valence-electron chi connectivity index (χ3n) is 2.92. The lowest BCUT2D eigenvalue weighted by Gasteiger charge is -2.11. The summed E-state index contributed by atoms with van der Waals surface area (Å²) in [4.78, 5) is 8.26. The van der Waals surface area contributed by atoms with Crippen LogP contribution in [0, 0.1) is 0 Å². The quantitative estimate of drug-likeness (QED) is 0.753. The van der Waals surface area contributed by atoms with Crippen LogP contribution in [0.1, 0.15) is 32.6 Å². The van der Waals surface area contributed by atoms with Crippen LogP contribution in [0.25, 0.3) is 0 Å². The van der Waals surface area contributed by atoms with Gasteiger partial charge < -0.3 is 14.8 Å². The third kappa shape index (κ3) is 4.14. The van der Waals surface area contributed by atoms with Gasteiger partial charge in [-0.3, -0.25) is 0 Å². The summed E-state index contributed by atoms with van der Waals surface area (Å²) in [6.07, 6.45) is 6.28. The summed E-state index contributed by atoms with van der Waals surface area (Å²) in [5.41, 5.74) is 0. The molecule has 1 aliphatic heterocycles. The van der Waals surface area contributed by atoms with Crippen LogP contribution in [-0.4, -0.2) is 35.8 Å². The first-order valence-corrected chi connectivity index (χ1v) is 6.69. The van der Waals surface area contributed by atoms with Crippen molar-refractivity contribution in [1.29, 1.82) is 0 Å². The number of hydrogen-bond donors (Lipinski definition) is 1. The fourth-order valence-corrected chi connectivity index (χ4v) is 1.86. The average molecular weight is 251 g/mol. The van der Waals surface area contributed by atoms with Gasteiger partial charge in [-0.25, -0.2) is 9.97 Å². The Morgan fingerprint density at radius 1 is 1.50 bits per heavy atom. The van der Waals surface area contributed by atoms with Crippen LogP contribution in [0.2, 0.25) is 0 Å². The maximum atomic E-state index is 5.55. The maximum absolute atomic E-state index is 5.55. The van der Waals surface area contributed by atoms with Gasteiger partial charge in [-0.15, -0.1) is 0 Å². The van der Waals surface area contributed by atoms with Gasteiger partial charge >= 0.3 is 0 Å². The van der Waals surface area contributed by atoms with E-state index in [1.165, 1.54) is 6.33 Å². The molecule has 2 rings (SSSR count). The van der Waals surface area contributed by atoms with E-state index in [0.717, 1.165) is 44.7 Å². The van der Waals surface area contributed by atoms with Crippen molar-refractivity contribution in [1.82, 2.24) is 9.97 Å². The van der Waals surface area contributed by atoms with E-state index in [1.807, 2.05) is 6.07 Å². The second kappa shape index (κ2) is 7.16. The Morgan fingerprint density at radius 2 is 2.44 bits per heavy atom. The molecule has 1 aromatic heterocycles. The SMILES string of the molecule is CCCCOc1cc(NCC2CCCO2)ncn1. The van der Waals surface area contributed by atoms with Gasteiger partial charge in [0, 0.05) is 19.2 Å². The first-order chi connectivity index (χ1) is 8.88. The maximum Gasteiger partial charge on any atom is 0.218 e. The summed E-state index contributed by atoms with van der Waals surface area (Å²) in [7, 11) is 0. The van der Waals surface area contributed by atoms with Gasteiger partial charge in [-0.2, -0.15) is 0 Å². The zero-order chi connectivity index (χ0) is 12.6. The van der Waals surface area contributed by atoms with E-state index in [1.54, 1.807) is 0 Å². The topological polar surface area (TPSA) is 56.3 Å². The predicted octanol–water partition coefficient (Wildman–Crippen LogP) is 2.25. The Labute approximate surface area is 108 Å². The molecule has 1 saturated heterocycles. The standard InChI is InChI=1S/C13H21N3O2/c1-2-3-6-18-13-8-12(15-10-16-13)14-9-11-5-4-7-17-11/h8,10-11H,2-7,9H2,1H3,(H,14,15,16). The smallest absolute Gasteiger partial charge is 0.218 e. The van der Waals surface area contributed by atoms with Gasteiger partial charge in [0.15, 0.2) is 0 Å². The Morgan fingerprint density at radius 3 is 3.22 bits per heavy atom. The van der Waals surface area contributed by atoms with Gasteiger partial charge in [0.2, 0.25) is 5.88 Å². The van der Waals surface area contributed by atoms with Crippen molar-refractivity contribution in [3.8, 4) is 5.88 Å². The molecule has 1 atom stereocenters. The number of hydrogen-bond acceptors (Lipinski definition) is 5. The average Bonchev–Trinajstić information content (AvgIpc) is 2.90. The lowest BCUT2D eigenvalue weighted by Crippen LogP contribution is -2.19. The summed E-state index contributed by atoms with van der Waals surface area (Å²) >= 11 is 0. The predicted molar refractivity (Wildman–Crippen MR) is 69.9 cm³/mol. The molecule has 1 aliphatic rings. The van der Waals surface area contributed by atoms with Crippen molar-refractivity contribution in [2.75, 3.05) is 25.1 Å². The highest BCUT2D eigenvalue weighted by atomic mass is 16.5. The first kappa shape index (κ1) is 13.1. The van der Waals surface area contributed by atoms with E-state index < -0.39 is 0 Å². The lowest BCUT2D eigenvalue weighted by atomic mass is 10.2. The number of nitrogens with zero attached hydrogens (tertiary/aromatic N) is 2. The lowest BCUT2D eigenvalue weighted by molar-refractivity contribution is 0.120. The molecule has 5 heteroatoms. The van der Waals surface area contributed by atoms with Crippen LogP contribution in [-0.2, 0) is 4.74 Å². The Hall–Kier alpha value is -1.36. The minimum Gasteiger partial charge on any atom is -0.478 e. The van der Waals surface area contributed by atoms with Crippen LogP contribution in [0.3, 0.4) is 0 Å². The zero-order valence-corrected chi connectivity index (χ0v) is 10.9.